The second kappa shape index (κ2) is 7.81. The van der Waals surface area contributed by atoms with Crippen LogP contribution in [0.15, 0.2) is 24.4 Å². The molecule has 2 N–H and O–H groups in total. The van der Waals surface area contributed by atoms with Crippen LogP contribution in [0.1, 0.15) is 32.1 Å². The van der Waals surface area contributed by atoms with Gasteiger partial charge in [-0.25, -0.2) is 0 Å². The first-order chi connectivity index (χ1) is 11.8. The highest BCUT2D eigenvalue weighted by Crippen LogP contribution is 2.30. The van der Waals surface area contributed by atoms with Gasteiger partial charge in [-0.15, -0.1) is 5.10 Å². The normalized spacial score (nSPS) is 14.9. The van der Waals surface area contributed by atoms with E-state index in [1.54, 1.807) is 20.4 Å². The minimum atomic E-state index is 0.442. The minimum Gasteiger partial charge on any atom is -0.493 e. The molecule has 1 aromatic carbocycles. The third-order valence-electron chi connectivity index (χ3n) is 4.15. The van der Waals surface area contributed by atoms with Crippen molar-refractivity contribution in [2.75, 3.05) is 24.9 Å². The van der Waals surface area contributed by atoms with Crippen molar-refractivity contribution in [3.63, 3.8) is 0 Å². The smallest absolute Gasteiger partial charge is 0.244 e. The van der Waals surface area contributed by atoms with Crippen molar-refractivity contribution in [1.82, 2.24) is 15.2 Å². The monoisotopic (exact) mass is 329 g/mol. The van der Waals surface area contributed by atoms with E-state index in [4.69, 9.17) is 9.47 Å². The fraction of sp³-hybridized carbons (Fsp3) is 0.471. The first kappa shape index (κ1) is 16.3. The maximum atomic E-state index is 5.31. The number of hydrogen-bond donors (Lipinski definition) is 2. The fourth-order valence-corrected chi connectivity index (χ4v) is 2.92. The van der Waals surface area contributed by atoms with Crippen molar-refractivity contribution in [1.29, 1.82) is 0 Å². The molecular formula is C17H23N5O2. The second-order valence-corrected chi connectivity index (χ2v) is 5.84. The van der Waals surface area contributed by atoms with E-state index in [1.165, 1.54) is 19.3 Å². The summed E-state index contributed by atoms with van der Waals surface area (Å²) in [6, 6.07) is 6.04. The highest BCUT2D eigenvalue weighted by Gasteiger charge is 2.14. The Morgan fingerprint density at radius 3 is 2.58 bits per heavy atom. The molecule has 7 nitrogen and oxygen atoms in total. The zero-order chi connectivity index (χ0) is 16.8. The van der Waals surface area contributed by atoms with E-state index < -0.39 is 0 Å². The van der Waals surface area contributed by atoms with E-state index in [0.29, 0.717) is 29.3 Å². The van der Waals surface area contributed by atoms with E-state index in [1.807, 2.05) is 18.2 Å². The molecule has 1 aliphatic carbocycles. The lowest BCUT2D eigenvalue weighted by Crippen LogP contribution is -2.23. The van der Waals surface area contributed by atoms with Crippen LogP contribution < -0.4 is 20.1 Å². The van der Waals surface area contributed by atoms with E-state index in [2.05, 4.69) is 25.8 Å². The maximum Gasteiger partial charge on any atom is 0.244 e. The number of rotatable bonds is 6. The number of anilines is 3. The Morgan fingerprint density at radius 1 is 1.04 bits per heavy atom. The van der Waals surface area contributed by atoms with Crippen molar-refractivity contribution >= 4 is 17.5 Å². The summed E-state index contributed by atoms with van der Waals surface area (Å²) in [4.78, 5) is 4.49. The Morgan fingerprint density at radius 2 is 1.83 bits per heavy atom. The van der Waals surface area contributed by atoms with Gasteiger partial charge in [0.1, 0.15) is 0 Å². The quantitative estimate of drug-likeness (QED) is 0.841. The molecule has 0 saturated heterocycles. The van der Waals surface area contributed by atoms with Gasteiger partial charge in [0.15, 0.2) is 17.3 Å². The van der Waals surface area contributed by atoms with Gasteiger partial charge in [-0.3, -0.25) is 0 Å². The number of aromatic nitrogens is 3. The number of benzene rings is 1. The molecule has 128 valence electrons. The topological polar surface area (TPSA) is 81.2 Å². The summed E-state index contributed by atoms with van der Waals surface area (Å²) >= 11 is 0. The lowest BCUT2D eigenvalue weighted by atomic mass is 9.96. The Hall–Kier alpha value is -2.57. The van der Waals surface area contributed by atoms with Crippen LogP contribution in [-0.4, -0.2) is 35.4 Å². The second-order valence-electron chi connectivity index (χ2n) is 5.84. The zero-order valence-electron chi connectivity index (χ0n) is 14.1. The molecule has 0 bridgehead atoms. The average molecular weight is 329 g/mol. The fourth-order valence-electron chi connectivity index (χ4n) is 2.92. The largest absolute Gasteiger partial charge is 0.493 e. The summed E-state index contributed by atoms with van der Waals surface area (Å²) in [7, 11) is 3.22. The van der Waals surface area contributed by atoms with Crippen molar-refractivity contribution < 1.29 is 9.47 Å². The predicted molar refractivity (Wildman–Crippen MR) is 93.2 cm³/mol. The van der Waals surface area contributed by atoms with Gasteiger partial charge in [-0.1, -0.05) is 19.3 Å². The van der Waals surface area contributed by atoms with Gasteiger partial charge in [-0.2, -0.15) is 10.1 Å². The van der Waals surface area contributed by atoms with E-state index in [-0.39, 0.29) is 0 Å². The molecule has 24 heavy (non-hydrogen) atoms. The molecule has 1 saturated carbocycles. The van der Waals surface area contributed by atoms with Crippen LogP contribution >= 0.6 is 0 Å². The van der Waals surface area contributed by atoms with Gasteiger partial charge >= 0.3 is 0 Å². The first-order valence-electron chi connectivity index (χ1n) is 8.24. The van der Waals surface area contributed by atoms with Gasteiger partial charge in [-0.05, 0) is 25.0 Å². The molecule has 2 aromatic rings. The first-order valence-corrected chi connectivity index (χ1v) is 8.24. The Bertz CT molecular complexity index is 674. The molecule has 1 aliphatic rings. The minimum absolute atomic E-state index is 0.442. The number of ether oxygens (including phenoxy) is 2. The molecule has 0 spiro atoms. The summed E-state index contributed by atoms with van der Waals surface area (Å²) in [5.74, 6) is 2.54. The zero-order valence-corrected chi connectivity index (χ0v) is 14.1. The van der Waals surface area contributed by atoms with Gasteiger partial charge < -0.3 is 20.1 Å². The van der Waals surface area contributed by atoms with Gasteiger partial charge in [0.25, 0.3) is 0 Å². The van der Waals surface area contributed by atoms with Crippen LogP contribution in [0.4, 0.5) is 17.5 Å². The van der Waals surface area contributed by atoms with E-state index in [0.717, 1.165) is 18.5 Å². The van der Waals surface area contributed by atoms with Crippen LogP contribution in [0, 0.1) is 0 Å². The van der Waals surface area contributed by atoms with Crippen molar-refractivity contribution in [3.05, 3.63) is 24.4 Å². The molecule has 3 rings (SSSR count). The van der Waals surface area contributed by atoms with Gasteiger partial charge in [0.05, 0.1) is 20.4 Å². The van der Waals surface area contributed by atoms with E-state index >= 15 is 0 Å². The summed E-state index contributed by atoms with van der Waals surface area (Å²) in [5, 5.41) is 14.7. The molecule has 0 unspecified atom stereocenters. The van der Waals surface area contributed by atoms with Crippen LogP contribution in [0.25, 0.3) is 0 Å². The molecule has 0 atom stereocenters. The molecule has 0 aliphatic heterocycles. The lowest BCUT2D eigenvalue weighted by Gasteiger charge is -2.22. The number of nitrogens with one attached hydrogen (secondary N) is 2. The van der Waals surface area contributed by atoms with Crippen molar-refractivity contribution in [3.8, 4) is 11.5 Å². The summed E-state index contributed by atoms with van der Waals surface area (Å²) in [6.45, 7) is 0. The Kier molecular flexibility index (Phi) is 5.30. The SMILES string of the molecule is COc1ccc(Nc2cnnc(NC3CCCCC3)n2)cc1OC. The highest BCUT2D eigenvalue weighted by molar-refractivity contribution is 5.61. The van der Waals surface area contributed by atoms with Crippen LogP contribution in [0.5, 0.6) is 11.5 Å². The number of hydrogen-bond acceptors (Lipinski definition) is 7. The van der Waals surface area contributed by atoms with Crippen LogP contribution in [0.2, 0.25) is 0 Å². The van der Waals surface area contributed by atoms with Crippen molar-refractivity contribution in [2.45, 2.75) is 38.1 Å². The molecule has 7 heteroatoms. The van der Waals surface area contributed by atoms with Gasteiger partial charge in [0.2, 0.25) is 5.95 Å². The molecule has 0 amide bonds. The maximum absolute atomic E-state index is 5.31. The van der Waals surface area contributed by atoms with Gasteiger partial charge in [0, 0.05) is 17.8 Å². The van der Waals surface area contributed by atoms with E-state index in [9.17, 15) is 0 Å². The number of nitrogens with zero attached hydrogens (tertiary/aromatic N) is 3. The Balaban J connectivity index is 1.70. The molecule has 1 aromatic heterocycles. The standard InChI is InChI=1S/C17H23N5O2/c1-23-14-9-8-13(10-15(14)24-2)19-16-11-18-22-17(21-16)20-12-6-4-3-5-7-12/h8-12H,3-7H2,1-2H3,(H2,19,20,21,22). The average Bonchev–Trinajstić information content (AvgIpc) is 2.63. The van der Waals surface area contributed by atoms with Crippen LogP contribution in [-0.2, 0) is 0 Å². The molecule has 1 heterocycles. The summed E-state index contributed by atoms with van der Waals surface area (Å²) in [6.07, 6.45) is 7.76. The Labute approximate surface area is 141 Å². The third kappa shape index (κ3) is 4.04. The molecular weight excluding hydrogens is 306 g/mol. The van der Waals surface area contributed by atoms with Crippen molar-refractivity contribution in [2.24, 2.45) is 0 Å². The number of methoxy groups -OCH3 is 2. The third-order valence-corrected chi connectivity index (χ3v) is 4.15. The highest BCUT2D eigenvalue weighted by atomic mass is 16.5. The summed E-state index contributed by atoms with van der Waals surface area (Å²) < 4.78 is 10.6. The predicted octanol–water partition coefficient (Wildman–Crippen LogP) is 3.38. The summed E-state index contributed by atoms with van der Waals surface area (Å²) in [5.41, 5.74) is 0.844. The molecule has 0 radical (unpaired) electrons. The van der Waals surface area contributed by atoms with Crippen LogP contribution in [0.3, 0.4) is 0 Å². The lowest BCUT2D eigenvalue weighted by molar-refractivity contribution is 0.355. The molecule has 1 fully saturated rings.